The fourth-order valence-corrected chi connectivity index (χ4v) is 3.02. The molecular formula is C24H29N3O4. The van der Waals surface area contributed by atoms with Crippen molar-refractivity contribution in [3.8, 4) is 11.5 Å². The van der Waals surface area contributed by atoms with Crippen molar-refractivity contribution in [2.45, 2.75) is 39.3 Å². The summed E-state index contributed by atoms with van der Waals surface area (Å²) in [6.45, 7) is 4.85. The molecule has 1 N–H and O–H groups in total. The van der Waals surface area contributed by atoms with Crippen molar-refractivity contribution in [3.63, 3.8) is 0 Å². The van der Waals surface area contributed by atoms with Crippen molar-refractivity contribution >= 4 is 5.91 Å². The van der Waals surface area contributed by atoms with Crippen LogP contribution in [0.2, 0.25) is 0 Å². The highest BCUT2D eigenvalue weighted by Gasteiger charge is 2.09. The number of ether oxygens (including phenoxy) is 2. The smallest absolute Gasteiger partial charge is 0.247 e. The Hall–Kier alpha value is -3.03. The topological polar surface area (TPSA) is 86.5 Å². The Labute approximate surface area is 182 Å². The summed E-state index contributed by atoms with van der Waals surface area (Å²) in [7, 11) is 0. The van der Waals surface area contributed by atoms with Crippen LogP contribution in [0.15, 0.2) is 59.0 Å². The maximum Gasteiger partial charge on any atom is 0.247 e. The second-order valence-corrected chi connectivity index (χ2v) is 7.07. The molecule has 1 heterocycles. The number of nitrogens with zero attached hydrogens (tertiary/aromatic N) is 2. The summed E-state index contributed by atoms with van der Waals surface area (Å²) >= 11 is 0. The molecule has 1 aromatic heterocycles. The first kappa shape index (κ1) is 22.7. The molecule has 7 heteroatoms. The van der Waals surface area contributed by atoms with Gasteiger partial charge in [-0.15, -0.1) is 10.2 Å². The highest BCUT2D eigenvalue weighted by atomic mass is 16.5. The second-order valence-electron chi connectivity index (χ2n) is 7.07. The number of rotatable bonds is 13. The number of nitrogens with one attached hydrogen (secondary N) is 1. The van der Waals surface area contributed by atoms with Crippen molar-refractivity contribution in [3.05, 3.63) is 71.6 Å². The molecule has 0 aliphatic carbocycles. The van der Waals surface area contributed by atoms with E-state index in [0.717, 1.165) is 16.7 Å². The van der Waals surface area contributed by atoms with Gasteiger partial charge in [-0.1, -0.05) is 42.5 Å². The molecule has 7 nitrogen and oxygen atoms in total. The highest BCUT2D eigenvalue weighted by Crippen LogP contribution is 2.17. The largest absolute Gasteiger partial charge is 0.421 e. The van der Waals surface area contributed by atoms with Gasteiger partial charge in [-0.05, 0) is 36.6 Å². The van der Waals surface area contributed by atoms with Crippen molar-refractivity contribution in [1.29, 1.82) is 0 Å². The van der Waals surface area contributed by atoms with Crippen LogP contribution in [0.1, 0.15) is 36.8 Å². The monoisotopic (exact) mass is 423 g/mol. The molecule has 0 saturated heterocycles. The second kappa shape index (κ2) is 12.6. The SMILES string of the molecule is CCOCCOCc1cccc(CNC(=O)CCCc2nnc(-c3ccccc3)o2)c1. The third kappa shape index (κ3) is 7.96. The summed E-state index contributed by atoms with van der Waals surface area (Å²) in [6.07, 6.45) is 1.63. The molecule has 0 spiro atoms. The summed E-state index contributed by atoms with van der Waals surface area (Å²) in [4.78, 5) is 12.2. The van der Waals surface area contributed by atoms with Crippen LogP contribution in [-0.4, -0.2) is 35.9 Å². The van der Waals surface area contributed by atoms with Crippen LogP contribution < -0.4 is 5.32 Å². The number of aromatic nitrogens is 2. The Bertz CT molecular complexity index is 927. The molecule has 0 saturated carbocycles. The van der Waals surface area contributed by atoms with Crippen LogP contribution in [0.5, 0.6) is 0 Å². The van der Waals surface area contributed by atoms with Gasteiger partial charge >= 0.3 is 0 Å². The molecule has 3 aromatic rings. The van der Waals surface area contributed by atoms with Gasteiger partial charge in [0.05, 0.1) is 19.8 Å². The summed E-state index contributed by atoms with van der Waals surface area (Å²) in [5.74, 6) is 1.05. The first-order valence-corrected chi connectivity index (χ1v) is 10.6. The van der Waals surface area contributed by atoms with Crippen LogP contribution in [0.4, 0.5) is 0 Å². The van der Waals surface area contributed by atoms with Crippen LogP contribution in [0.3, 0.4) is 0 Å². The van der Waals surface area contributed by atoms with Crippen LogP contribution in [0, 0.1) is 0 Å². The van der Waals surface area contributed by atoms with E-state index in [4.69, 9.17) is 13.9 Å². The van der Waals surface area contributed by atoms with Crippen LogP contribution >= 0.6 is 0 Å². The van der Waals surface area contributed by atoms with Crippen LogP contribution in [0.25, 0.3) is 11.5 Å². The molecule has 0 unspecified atom stereocenters. The molecule has 0 atom stereocenters. The zero-order valence-electron chi connectivity index (χ0n) is 17.9. The van der Waals surface area contributed by atoms with Crippen molar-refractivity contribution < 1.29 is 18.7 Å². The molecule has 2 aromatic carbocycles. The lowest BCUT2D eigenvalue weighted by molar-refractivity contribution is -0.121. The Morgan fingerprint density at radius 1 is 1.00 bits per heavy atom. The van der Waals surface area contributed by atoms with Crippen LogP contribution in [-0.2, 0) is 33.8 Å². The third-order valence-electron chi connectivity index (χ3n) is 4.61. The first-order valence-electron chi connectivity index (χ1n) is 10.6. The quantitative estimate of drug-likeness (QED) is 0.419. The van der Waals surface area contributed by atoms with E-state index in [1.165, 1.54) is 0 Å². The number of aryl methyl sites for hydroxylation is 1. The third-order valence-corrected chi connectivity index (χ3v) is 4.61. The molecule has 0 fully saturated rings. The number of hydrogen-bond acceptors (Lipinski definition) is 6. The number of carbonyl (C=O) groups is 1. The lowest BCUT2D eigenvalue weighted by atomic mass is 10.1. The molecule has 0 radical (unpaired) electrons. The van der Waals surface area contributed by atoms with Gasteiger partial charge in [0.1, 0.15) is 0 Å². The maximum absolute atomic E-state index is 12.2. The van der Waals surface area contributed by atoms with E-state index >= 15 is 0 Å². The van der Waals surface area contributed by atoms with Gasteiger partial charge in [0, 0.05) is 31.6 Å². The Morgan fingerprint density at radius 3 is 2.65 bits per heavy atom. The van der Waals surface area contributed by atoms with Crippen molar-refractivity contribution in [2.75, 3.05) is 19.8 Å². The first-order chi connectivity index (χ1) is 15.2. The van der Waals surface area contributed by atoms with Gasteiger partial charge in [0.2, 0.25) is 17.7 Å². The average molecular weight is 424 g/mol. The van der Waals surface area contributed by atoms with Gasteiger partial charge in [-0.2, -0.15) is 0 Å². The van der Waals surface area contributed by atoms with E-state index in [1.54, 1.807) is 0 Å². The predicted molar refractivity (Wildman–Crippen MR) is 117 cm³/mol. The zero-order valence-corrected chi connectivity index (χ0v) is 17.9. The minimum atomic E-state index is 0.00108. The van der Waals surface area contributed by atoms with E-state index in [-0.39, 0.29) is 5.91 Å². The van der Waals surface area contributed by atoms with E-state index in [0.29, 0.717) is 64.0 Å². The van der Waals surface area contributed by atoms with E-state index in [1.807, 2.05) is 61.5 Å². The fraction of sp³-hybridized carbons (Fsp3) is 0.375. The maximum atomic E-state index is 12.2. The number of carbonyl (C=O) groups excluding carboxylic acids is 1. The minimum Gasteiger partial charge on any atom is -0.421 e. The molecule has 1 amide bonds. The molecule has 31 heavy (non-hydrogen) atoms. The molecule has 3 rings (SSSR count). The molecule has 0 aliphatic rings. The van der Waals surface area contributed by atoms with Crippen molar-refractivity contribution in [1.82, 2.24) is 15.5 Å². The van der Waals surface area contributed by atoms with Gasteiger partial charge < -0.3 is 19.2 Å². The molecule has 164 valence electrons. The summed E-state index contributed by atoms with van der Waals surface area (Å²) in [5.41, 5.74) is 3.01. The summed E-state index contributed by atoms with van der Waals surface area (Å²) in [6, 6.07) is 17.7. The Kier molecular flexibility index (Phi) is 9.22. The lowest BCUT2D eigenvalue weighted by Crippen LogP contribution is -2.22. The summed E-state index contributed by atoms with van der Waals surface area (Å²) in [5, 5.41) is 11.1. The summed E-state index contributed by atoms with van der Waals surface area (Å²) < 4.78 is 16.5. The molecule has 0 bridgehead atoms. The predicted octanol–water partition coefficient (Wildman–Crippen LogP) is 3.93. The van der Waals surface area contributed by atoms with Gasteiger partial charge in [0.15, 0.2) is 0 Å². The minimum absolute atomic E-state index is 0.00108. The van der Waals surface area contributed by atoms with E-state index < -0.39 is 0 Å². The molecular weight excluding hydrogens is 394 g/mol. The number of hydrogen-bond donors (Lipinski definition) is 1. The van der Waals surface area contributed by atoms with E-state index in [2.05, 4.69) is 15.5 Å². The normalized spacial score (nSPS) is 10.9. The Balaban J connectivity index is 1.35. The molecule has 0 aliphatic heterocycles. The lowest BCUT2D eigenvalue weighted by Gasteiger charge is -2.08. The van der Waals surface area contributed by atoms with Gasteiger partial charge in [-0.3, -0.25) is 4.79 Å². The highest BCUT2D eigenvalue weighted by molar-refractivity contribution is 5.75. The van der Waals surface area contributed by atoms with Gasteiger partial charge in [0.25, 0.3) is 0 Å². The Morgan fingerprint density at radius 2 is 1.81 bits per heavy atom. The van der Waals surface area contributed by atoms with E-state index in [9.17, 15) is 4.79 Å². The van der Waals surface area contributed by atoms with Crippen molar-refractivity contribution in [2.24, 2.45) is 0 Å². The van der Waals surface area contributed by atoms with Gasteiger partial charge in [-0.25, -0.2) is 0 Å². The average Bonchev–Trinajstić information content (AvgIpc) is 3.27. The fourth-order valence-electron chi connectivity index (χ4n) is 3.02. The zero-order chi connectivity index (χ0) is 21.7. The number of benzene rings is 2. The number of amides is 1. The standard InChI is InChI=1S/C24H29N3O4/c1-2-29-14-15-30-18-20-9-6-8-19(16-20)17-25-22(28)12-7-13-23-26-27-24(31-23)21-10-4-3-5-11-21/h3-6,8-11,16H,2,7,12-15,17-18H2,1H3,(H,25,28).